The third-order valence-corrected chi connectivity index (χ3v) is 6.42. The maximum Gasteiger partial charge on any atom is 0.414 e. The lowest BCUT2D eigenvalue weighted by molar-refractivity contribution is -0.156. The molecule has 1 unspecified atom stereocenters. The van der Waals surface area contributed by atoms with E-state index in [1.165, 1.54) is 11.0 Å². The highest BCUT2D eigenvalue weighted by atomic mass is 16.6. The topological polar surface area (TPSA) is 122 Å². The quantitative estimate of drug-likeness (QED) is 0.589. The number of aromatic nitrogens is 1. The third-order valence-electron chi connectivity index (χ3n) is 6.42. The van der Waals surface area contributed by atoms with Gasteiger partial charge in [-0.3, -0.25) is 10.1 Å². The van der Waals surface area contributed by atoms with Crippen LogP contribution in [0.25, 0.3) is 11.1 Å². The van der Waals surface area contributed by atoms with Crippen molar-refractivity contribution < 1.29 is 28.8 Å². The van der Waals surface area contributed by atoms with Gasteiger partial charge in [-0.05, 0) is 22.3 Å². The number of amides is 2. The summed E-state index contributed by atoms with van der Waals surface area (Å²) in [6, 6.07) is 16.3. The van der Waals surface area contributed by atoms with E-state index >= 15 is 0 Å². The number of carbonyl (C=O) groups is 3. The van der Waals surface area contributed by atoms with E-state index < -0.39 is 29.4 Å². The molecule has 3 aromatic rings. The van der Waals surface area contributed by atoms with Crippen LogP contribution in [0.4, 0.5) is 10.7 Å². The van der Waals surface area contributed by atoms with E-state index in [0.29, 0.717) is 0 Å². The summed E-state index contributed by atoms with van der Waals surface area (Å²) in [4.78, 5) is 37.8. The number of nitrogens with zero attached hydrogens (tertiary/aromatic N) is 2. The molecular weight excluding hydrogens is 438 g/mol. The van der Waals surface area contributed by atoms with Gasteiger partial charge in [0, 0.05) is 23.9 Å². The van der Waals surface area contributed by atoms with Crippen molar-refractivity contribution in [2.75, 3.05) is 18.5 Å². The van der Waals surface area contributed by atoms with Crippen LogP contribution in [0, 0.1) is 5.41 Å². The molecule has 5 rings (SSSR count). The summed E-state index contributed by atoms with van der Waals surface area (Å²) in [5, 5.41) is 15.5. The minimum Gasteiger partial charge on any atom is -0.480 e. The van der Waals surface area contributed by atoms with Crippen LogP contribution in [-0.2, 0) is 9.53 Å². The number of carbonyl (C=O) groups excluding carboxylic acids is 2. The molecule has 0 spiro atoms. The average molecular weight is 461 g/mol. The van der Waals surface area contributed by atoms with Gasteiger partial charge in [0.05, 0.1) is 0 Å². The SMILES string of the molecule is CC1(C)CN(C(=O)c2cc(NC(=O)OCC3c4ccccc4-c4ccccc43)on2)C1C(=O)O. The number of fused-ring (bicyclic) bond motifs is 3. The lowest BCUT2D eigenvalue weighted by Gasteiger charge is -2.51. The van der Waals surface area contributed by atoms with Gasteiger partial charge in [0.1, 0.15) is 12.6 Å². The lowest BCUT2D eigenvalue weighted by Crippen LogP contribution is -2.67. The summed E-state index contributed by atoms with van der Waals surface area (Å²) < 4.78 is 10.5. The van der Waals surface area contributed by atoms with Crippen molar-refractivity contribution in [1.29, 1.82) is 0 Å². The van der Waals surface area contributed by atoms with Crippen molar-refractivity contribution in [2.24, 2.45) is 5.41 Å². The maximum absolute atomic E-state index is 12.7. The molecule has 9 heteroatoms. The van der Waals surface area contributed by atoms with E-state index in [9.17, 15) is 19.5 Å². The maximum atomic E-state index is 12.7. The number of rotatable bonds is 5. The molecule has 174 valence electrons. The Kier molecular flexibility index (Phi) is 5.11. The highest BCUT2D eigenvalue weighted by Crippen LogP contribution is 2.44. The van der Waals surface area contributed by atoms with Crippen LogP contribution in [0.15, 0.2) is 59.1 Å². The van der Waals surface area contributed by atoms with Crippen LogP contribution in [0.5, 0.6) is 0 Å². The zero-order valence-corrected chi connectivity index (χ0v) is 18.6. The van der Waals surface area contributed by atoms with Crippen LogP contribution in [0.2, 0.25) is 0 Å². The number of ether oxygens (including phenoxy) is 1. The number of aliphatic carboxylic acids is 1. The minimum absolute atomic E-state index is 0.0627. The molecule has 2 heterocycles. The standard InChI is InChI=1S/C25H23N3O6/c1-25(2)13-28(21(25)23(30)31)22(29)19-11-20(34-27-19)26-24(32)33-12-18-16-9-5-3-7-14(16)15-8-4-6-10-17(15)18/h3-11,18,21H,12-13H2,1-2H3,(H,26,32)(H,30,31). The smallest absolute Gasteiger partial charge is 0.414 e. The molecule has 34 heavy (non-hydrogen) atoms. The molecule has 2 amide bonds. The summed E-state index contributed by atoms with van der Waals surface area (Å²) >= 11 is 0. The average Bonchev–Trinajstić information content (AvgIpc) is 3.38. The molecule has 2 aromatic carbocycles. The molecule has 0 bridgehead atoms. The van der Waals surface area contributed by atoms with E-state index in [-0.39, 0.29) is 30.6 Å². The van der Waals surface area contributed by atoms with E-state index in [4.69, 9.17) is 9.26 Å². The monoisotopic (exact) mass is 461 g/mol. The summed E-state index contributed by atoms with van der Waals surface area (Å²) in [5.41, 5.74) is 3.81. The fourth-order valence-electron chi connectivity index (χ4n) is 4.90. The van der Waals surface area contributed by atoms with Crippen LogP contribution in [-0.4, -0.2) is 52.3 Å². The molecular formula is C25H23N3O6. The predicted molar refractivity (Wildman–Crippen MR) is 121 cm³/mol. The summed E-state index contributed by atoms with van der Waals surface area (Å²) in [7, 11) is 0. The van der Waals surface area contributed by atoms with Crippen LogP contribution >= 0.6 is 0 Å². The van der Waals surface area contributed by atoms with Crippen molar-refractivity contribution >= 4 is 23.9 Å². The molecule has 1 aliphatic carbocycles. The van der Waals surface area contributed by atoms with Gasteiger partial charge < -0.3 is 19.3 Å². The van der Waals surface area contributed by atoms with E-state index in [1.54, 1.807) is 13.8 Å². The van der Waals surface area contributed by atoms with Gasteiger partial charge >= 0.3 is 12.1 Å². The second-order valence-corrected chi connectivity index (χ2v) is 9.19. The number of carboxylic acid groups (broad SMARTS) is 1. The van der Waals surface area contributed by atoms with Gasteiger partial charge in [-0.1, -0.05) is 67.5 Å². The Bertz CT molecular complexity index is 1250. The highest BCUT2D eigenvalue weighted by Gasteiger charge is 2.53. The fourth-order valence-corrected chi connectivity index (χ4v) is 4.90. The Hall–Kier alpha value is -4.14. The first kappa shape index (κ1) is 21.7. The molecule has 2 aliphatic rings. The Morgan fingerprint density at radius 1 is 1.12 bits per heavy atom. The first-order valence-corrected chi connectivity index (χ1v) is 10.9. The van der Waals surface area contributed by atoms with E-state index in [1.807, 2.05) is 36.4 Å². The fraction of sp³-hybridized carbons (Fsp3) is 0.280. The normalized spacial score (nSPS) is 17.9. The van der Waals surface area contributed by atoms with Crippen molar-refractivity contribution in [3.8, 4) is 11.1 Å². The first-order valence-electron chi connectivity index (χ1n) is 10.9. The Morgan fingerprint density at radius 2 is 1.74 bits per heavy atom. The van der Waals surface area contributed by atoms with E-state index in [0.717, 1.165) is 22.3 Å². The number of likely N-dealkylation sites (tertiary alicyclic amines) is 1. The Balaban J connectivity index is 1.22. The predicted octanol–water partition coefficient (Wildman–Crippen LogP) is 3.97. The number of hydrogen-bond acceptors (Lipinski definition) is 6. The van der Waals surface area contributed by atoms with Gasteiger partial charge in [-0.15, -0.1) is 0 Å². The van der Waals surface area contributed by atoms with Crippen LogP contribution in [0.3, 0.4) is 0 Å². The lowest BCUT2D eigenvalue weighted by atomic mass is 9.74. The molecule has 1 fully saturated rings. The second-order valence-electron chi connectivity index (χ2n) is 9.19. The van der Waals surface area contributed by atoms with E-state index in [2.05, 4.69) is 22.6 Å². The molecule has 1 saturated heterocycles. The molecule has 1 aliphatic heterocycles. The summed E-state index contributed by atoms with van der Waals surface area (Å²) in [6.45, 7) is 3.97. The molecule has 1 aromatic heterocycles. The van der Waals surface area contributed by atoms with Crippen LogP contribution < -0.4 is 5.32 Å². The van der Waals surface area contributed by atoms with Crippen LogP contribution in [0.1, 0.15) is 41.4 Å². The van der Waals surface area contributed by atoms with Gasteiger partial charge in [-0.25, -0.2) is 9.59 Å². The molecule has 1 atom stereocenters. The Labute approximate surface area is 195 Å². The van der Waals surface area contributed by atoms with Crippen molar-refractivity contribution in [3.63, 3.8) is 0 Å². The molecule has 2 N–H and O–H groups in total. The molecule has 9 nitrogen and oxygen atoms in total. The number of nitrogens with one attached hydrogen (secondary N) is 1. The van der Waals surface area contributed by atoms with Crippen molar-refractivity contribution in [1.82, 2.24) is 10.1 Å². The molecule has 0 radical (unpaired) electrons. The number of anilines is 1. The highest BCUT2D eigenvalue weighted by molar-refractivity contribution is 5.97. The van der Waals surface area contributed by atoms with Gasteiger partial charge in [0.15, 0.2) is 5.69 Å². The second kappa shape index (κ2) is 8.02. The molecule has 0 saturated carbocycles. The van der Waals surface area contributed by atoms with Gasteiger partial charge in [0.2, 0.25) is 5.88 Å². The zero-order valence-electron chi connectivity index (χ0n) is 18.6. The number of benzene rings is 2. The van der Waals surface area contributed by atoms with Crippen molar-refractivity contribution in [2.45, 2.75) is 25.8 Å². The minimum atomic E-state index is -1.08. The zero-order chi connectivity index (χ0) is 24.0. The number of carboxylic acids is 1. The Morgan fingerprint density at radius 3 is 2.32 bits per heavy atom. The van der Waals surface area contributed by atoms with Gasteiger partial charge in [-0.2, -0.15) is 0 Å². The summed E-state index contributed by atoms with van der Waals surface area (Å²) in [5.74, 6) is -1.80. The van der Waals surface area contributed by atoms with Crippen molar-refractivity contribution in [3.05, 3.63) is 71.4 Å². The van der Waals surface area contributed by atoms with Gasteiger partial charge in [0.25, 0.3) is 5.91 Å². The third kappa shape index (κ3) is 3.59. The number of hydrogen-bond donors (Lipinski definition) is 2. The first-order chi connectivity index (χ1) is 16.3. The largest absolute Gasteiger partial charge is 0.480 e. The summed E-state index contributed by atoms with van der Waals surface area (Å²) in [6.07, 6.45) is -0.745.